The van der Waals surface area contributed by atoms with Gasteiger partial charge in [0.15, 0.2) is 0 Å². The molecule has 0 bridgehead atoms. The molecule has 1 rings (SSSR count). The van der Waals surface area contributed by atoms with Gasteiger partial charge in [-0.05, 0) is 32.1 Å². The van der Waals surface area contributed by atoms with Gasteiger partial charge < -0.3 is 9.47 Å². The number of ether oxygens (including phenoxy) is 2. The third kappa shape index (κ3) is 9.15. The fourth-order valence-electron chi connectivity index (χ4n) is 2.32. The molecule has 0 aromatic heterocycles. The van der Waals surface area contributed by atoms with Gasteiger partial charge in [-0.25, -0.2) is 9.59 Å². The van der Waals surface area contributed by atoms with E-state index in [1.807, 2.05) is 0 Å². The molecule has 0 saturated heterocycles. The molecule has 0 N–H and O–H groups in total. The van der Waals surface area contributed by atoms with E-state index in [-0.39, 0.29) is 6.10 Å². The number of hydrogen-bond donors (Lipinski definition) is 0. The summed E-state index contributed by atoms with van der Waals surface area (Å²) in [6, 6.07) is 0. The molecule has 0 atom stereocenters. The van der Waals surface area contributed by atoms with Crippen molar-refractivity contribution >= 4 is 12.2 Å². The lowest BCUT2D eigenvalue weighted by Gasteiger charge is -2.20. The Morgan fingerprint density at radius 3 is 2.33 bits per heavy atom. The van der Waals surface area contributed by atoms with Crippen molar-refractivity contribution in [1.82, 2.24) is 0 Å². The van der Waals surface area contributed by atoms with E-state index >= 15 is 0 Å². The predicted molar refractivity (Wildman–Crippen MR) is 78.3 cm³/mol. The summed E-state index contributed by atoms with van der Waals surface area (Å²) < 4.78 is 9.96. The van der Waals surface area contributed by atoms with E-state index in [2.05, 4.69) is 17.2 Å². The van der Waals surface area contributed by atoms with Gasteiger partial charge in [-0.3, -0.25) is 0 Å². The van der Waals surface area contributed by atoms with Gasteiger partial charge in [0.25, 0.3) is 0 Å². The van der Waals surface area contributed by atoms with E-state index in [4.69, 9.17) is 9.47 Å². The number of azo groups is 1. The topological polar surface area (TPSA) is 77.3 Å². The third-order valence-electron chi connectivity index (χ3n) is 3.51. The van der Waals surface area contributed by atoms with Crippen LogP contribution in [0.25, 0.3) is 0 Å². The maximum atomic E-state index is 11.4. The maximum Gasteiger partial charge on any atom is 0.452 e. The molecule has 0 aliphatic heterocycles. The van der Waals surface area contributed by atoms with Gasteiger partial charge in [-0.1, -0.05) is 49.3 Å². The normalized spacial score (nSPS) is 16.0. The van der Waals surface area contributed by atoms with Crippen molar-refractivity contribution in [2.45, 2.75) is 77.2 Å². The molecule has 6 nitrogen and oxygen atoms in total. The van der Waals surface area contributed by atoms with Crippen LogP contribution in [0.15, 0.2) is 10.2 Å². The van der Waals surface area contributed by atoms with Crippen LogP contribution in [0.3, 0.4) is 0 Å². The van der Waals surface area contributed by atoms with Gasteiger partial charge in [0.2, 0.25) is 0 Å². The number of carbonyl (C=O) groups is 2. The highest BCUT2D eigenvalue weighted by atomic mass is 16.6. The van der Waals surface area contributed by atoms with Crippen molar-refractivity contribution in [2.24, 2.45) is 10.2 Å². The SMILES string of the molecule is CCCCCCCOC(=O)N=NC(=O)OC1CCCCC1. The molecule has 0 aromatic carbocycles. The standard InChI is InChI=1S/C15H26N2O4/c1-2-3-4-5-9-12-20-14(18)16-17-15(19)21-13-10-7-6-8-11-13/h13H,2-12H2,1H3. The Morgan fingerprint density at radius 1 is 0.952 bits per heavy atom. The van der Waals surface area contributed by atoms with Crippen LogP contribution >= 0.6 is 0 Å². The minimum absolute atomic E-state index is 0.0835. The summed E-state index contributed by atoms with van der Waals surface area (Å²) in [4.78, 5) is 22.6. The second-order valence-electron chi connectivity index (χ2n) is 5.37. The van der Waals surface area contributed by atoms with Gasteiger partial charge >= 0.3 is 12.2 Å². The minimum Gasteiger partial charge on any atom is -0.447 e. The van der Waals surface area contributed by atoms with E-state index in [0.29, 0.717) is 6.61 Å². The summed E-state index contributed by atoms with van der Waals surface area (Å²) in [7, 11) is 0. The Labute approximate surface area is 126 Å². The molecule has 0 radical (unpaired) electrons. The second-order valence-corrected chi connectivity index (χ2v) is 5.37. The molecule has 6 heteroatoms. The number of amides is 2. The predicted octanol–water partition coefficient (Wildman–Crippen LogP) is 5.01. The lowest BCUT2D eigenvalue weighted by atomic mass is 9.98. The summed E-state index contributed by atoms with van der Waals surface area (Å²) in [5.41, 5.74) is 0. The van der Waals surface area contributed by atoms with Crippen LogP contribution < -0.4 is 0 Å². The first-order valence-corrected chi connectivity index (χ1v) is 8.01. The fourth-order valence-corrected chi connectivity index (χ4v) is 2.32. The molecule has 2 amide bonds. The maximum absolute atomic E-state index is 11.4. The molecule has 0 unspecified atom stereocenters. The van der Waals surface area contributed by atoms with E-state index < -0.39 is 12.2 Å². The monoisotopic (exact) mass is 298 g/mol. The Hall–Kier alpha value is -1.46. The Kier molecular flexibility index (Phi) is 9.40. The van der Waals surface area contributed by atoms with E-state index in [1.165, 1.54) is 19.3 Å². The van der Waals surface area contributed by atoms with Crippen molar-refractivity contribution < 1.29 is 19.1 Å². The highest BCUT2D eigenvalue weighted by molar-refractivity contribution is 5.73. The Balaban J connectivity index is 2.07. The van der Waals surface area contributed by atoms with Crippen molar-refractivity contribution in [1.29, 1.82) is 0 Å². The van der Waals surface area contributed by atoms with Crippen LogP contribution in [0.5, 0.6) is 0 Å². The molecule has 0 heterocycles. The van der Waals surface area contributed by atoms with Gasteiger partial charge in [-0.15, -0.1) is 0 Å². The van der Waals surface area contributed by atoms with Crippen molar-refractivity contribution in [2.75, 3.05) is 6.61 Å². The molecule has 21 heavy (non-hydrogen) atoms. The summed E-state index contributed by atoms with van der Waals surface area (Å²) in [6.45, 7) is 2.46. The van der Waals surface area contributed by atoms with Gasteiger partial charge in [-0.2, -0.15) is 0 Å². The lowest BCUT2D eigenvalue weighted by Crippen LogP contribution is -2.18. The first-order chi connectivity index (χ1) is 10.2. The minimum atomic E-state index is -0.828. The summed E-state index contributed by atoms with van der Waals surface area (Å²) in [6.07, 6.45) is 8.68. The zero-order chi connectivity index (χ0) is 15.3. The number of rotatable bonds is 7. The van der Waals surface area contributed by atoms with Crippen LogP contribution in [-0.2, 0) is 9.47 Å². The molecule has 1 saturated carbocycles. The molecular weight excluding hydrogens is 272 g/mol. The number of carbonyl (C=O) groups excluding carboxylic acids is 2. The van der Waals surface area contributed by atoms with Crippen molar-refractivity contribution in [3.63, 3.8) is 0 Å². The van der Waals surface area contributed by atoms with Crippen molar-refractivity contribution in [3.8, 4) is 0 Å². The number of hydrogen-bond acceptors (Lipinski definition) is 4. The third-order valence-corrected chi connectivity index (χ3v) is 3.51. The average molecular weight is 298 g/mol. The lowest BCUT2D eigenvalue weighted by molar-refractivity contribution is 0.0812. The van der Waals surface area contributed by atoms with Crippen LogP contribution in [0.4, 0.5) is 9.59 Å². The highest BCUT2D eigenvalue weighted by Gasteiger charge is 2.17. The molecule has 0 aromatic rings. The second kappa shape index (κ2) is 11.2. The van der Waals surface area contributed by atoms with Crippen LogP contribution in [0, 0.1) is 0 Å². The molecule has 0 spiro atoms. The quantitative estimate of drug-likeness (QED) is 0.488. The Bertz CT molecular complexity index is 339. The molecule has 120 valence electrons. The van der Waals surface area contributed by atoms with Crippen LogP contribution in [0.1, 0.15) is 71.1 Å². The number of nitrogens with zero attached hydrogens (tertiary/aromatic N) is 2. The molecule has 1 aliphatic rings. The van der Waals surface area contributed by atoms with E-state index in [1.54, 1.807) is 0 Å². The zero-order valence-corrected chi connectivity index (χ0v) is 12.9. The Morgan fingerprint density at radius 2 is 1.62 bits per heavy atom. The van der Waals surface area contributed by atoms with E-state index in [0.717, 1.165) is 44.9 Å². The summed E-state index contributed by atoms with van der Waals surface area (Å²) in [5.74, 6) is 0. The van der Waals surface area contributed by atoms with Gasteiger partial charge in [0, 0.05) is 0 Å². The van der Waals surface area contributed by atoms with Gasteiger partial charge in [0.05, 0.1) is 6.61 Å². The first kappa shape index (κ1) is 17.6. The largest absolute Gasteiger partial charge is 0.452 e. The highest BCUT2D eigenvalue weighted by Crippen LogP contribution is 2.20. The van der Waals surface area contributed by atoms with E-state index in [9.17, 15) is 9.59 Å². The molecular formula is C15H26N2O4. The van der Waals surface area contributed by atoms with Gasteiger partial charge in [0.1, 0.15) is 6.10 Å². The zero-order valence-electron chi connectivity index (χ0n) is 12.9. The van der Waals surface area contributed by atoms with Crippen LogP contribution in [-0.4, -0.2) is 24.9 Å². The van der Waals surface area contributed by atoms with Crippen molar-refractivity contribution in [3.05, 3.63) is 0 Å². The fraction of sp³-hybridized carbons (Fsp3) is 0.867. The first-order valence-electron chi connectivity index (χ1n) is 8.01. The number of unbranched alkanes of at least 4 members (excludes halogenated alkanes) is 4. The molecule has 1 fully saturated rings. The summed E-state index contributed by atoms with van der Waals surface area (Å²) >= 11 is 0. The molecule has 1 aliphatic carbocycles. The summed E-state index contributed by atoms with van der Waals surface area (Å²) in [5, 5.41) is 6.45. The average Bonchev–Trinajstić information content (AvgIpc) is 2.50. The smallest absolute Gasteiger partial charge is 0.447 e. The van der Waals surface area contributed by atoms with Crippen LogP contribution in [0.2, 0.25) is 0 Å².